The molecule has 1 aliphatic heterocycles. The number of hydrogen-bond acceptors (Lipinski definition) is 3. The van der Waals surface area contributed by atoms with Crippen molar-refractivity contribution in [1.29, 1.82) is 0 Å². The first-order valence-electron chi connectivity index (χ1n) is 7.70. The van der Waals surface area contributed by atoms with Gasteiger partial charge in [0.25, 0.3) is 0 Å². The van der Waals surface area contributed by atoms with Gasteiger partial charge < -0.3 is 10.2 Å². The molecule has 0 amide bonds. The van der Waals surface area contributed by atoms with E-state index in [1.165, 1.54) is 60.6 Å². The highest BCUT2D eigenvalue weighted by molar-refractivity contribution is 7.12. The zero-order valence-electron chi connectivity index (χ0n) is 12.7. The molecule has 0 bridgehead atoms. The lowest BCUT2D eigenvalue weighted by Crippen LogP contribution is -2.42. The van der Waals surface area contributed by atoms with Crippen molar-refractivity contribution in [2.24, 2.45) is 0 Å². The van der Waals surface area contributed by atoms with E-state index in [1.54, 1.807) is 0 Å². The Hall–Kier alpha value is -0.380. The van der Waals surface area contributed by atoms with Gasteiger partial charge in [-0.05, 0) is 64.4 Å². The van der Waals surface area contributed by atoms with Crippen LogP contribution in [0.25, 0.3) is 0 Å². The molecule has 19 heavy (non-hydrogen) atoms. The number of nitrogens with zero attached hydrogens (tertiary/aromatic N) is 1. The van der Waals surface area contributed by atoms with Crippen molar-refractivity contribution in [2.45, 2.75) is 59.0 Å². The fourth-order valence-corrected chi connectivity index (χ4v) is 3.80. The van der Waals surface area contributed by atoms with Gasteiger partial charge in [-0.1, -0.05) is 13.3 Å². The van der Waals surface area contributed by atoms with E-state index in [1.807, 2.05) is 11.3 Å². The monoisotopic (exact) mass is 280 g/mol. The first-order chi connectivity index (χ1) is 9.19. The fourth-order valence-electron chi connectivity index (χ4n) is 2.86. The molecule has 1 aromatic rings. The van der Waals surface area contributed by atoms with Crippen LogP contribution in [0.4, 0.5) is 0 Å². The molecule has 2 heterocycles. The summed E-state index contributed by atoms with van der Waals surface area (Å²) in [5.74, 6) is 0. The number of thiophene rings is 1. The first kappa shape index (κ1) is 15.0. The molecule has 0 atom stereocenters. The molecule has 1 fully saturated rings. The van der Waals surface area contributed by atoms with E-state index in [9.17, 15) is 0 Å². The highest BCUT2D eigenvalue weighted by Gasteiger charge is 2.18. The third-order valence-corrected chi connectivity index (χ3v) is 5.15. The molecule has 3 heteroatoms. The normalized spacial score (nSPS) is 18.1. The summed E-state index contributed by atoms with van der Waals surface area (Å²) < 4.78 is 0. The molecule has 0 aliphatic carbocycles. The van der Waals surface area contributed by atoms with E-state index < -0.39 is 0 Å². The van der Waals surface area contributed by atoms with Crippen LogP contribution < -0.4 is 5.32 Å². The van der Waals surface area contributed by atoms with Crippen LogP contribution in [0.2, 0.25) is 0 Å². The molecule has 1 aromatic heterocycles. The molecule has 0 radical (unpaired) electrons. The number of nitrogens with one attached hydrogen (secondary N) is 1. The summed E-state index contributed by atoms with van der Waals surface area (Å²) in [6.07, 6.45) is 5.29. The molecule has 0 unspecified atom stereocenters. The first-order valence-corrected chi connectivity index (χ1v) is 8.52. The lowest BCUT2D eigenvalue weighted by Gasteiger charge is -2.32. The average molecular weight is 280 g/mol. The average Bonchev–Trinajstić information content (AvgIpc) is 2.73. The third kappa shape index (κ3) is 4.59. The second-order valence-electron chi connectivity index (χ2n) is 5.79. The van der Waals surface area contributed by atoms with Crippen LogP contribution in [0.15, 0.2) is 6.07 Å². The lowest BCUT2D eigenvalue weighted by molar-refractivity contribution is 0.195. The van der Waals surface area contributed by atoms with Gasteiger partial charge in [0.05, 0.1) is 0 Å². The second-order valence-corrected chi connectivity index (χ2v) is 7.25. The Balaban J connectivity index is 1.70. The van der Waals surface area contributed by atoms with Gasteiger partial charge >= 0.3 is 0 Å². The smallest absolute Gasteiger partial charge is 0.0219 e. The largest absolute Gasteiger partial charge is 0.310 e. The quantitative estimate of drug-likeness (QED) is 0.854. The summed E-state index contributed by atoms with van der Waals surface area (Å²) in [5, 5.41) is 3.75. The maximum atomic E-state index is 3.75. The van der Waals surface area contributed by atoms with Gasteiger partial charge in [-0.15, -0.1) is 11.3 Å². The summed E-state index contributed by atoms with van der Waals surface area (Å²) in [7, 11) is 0. The highest BCUT2D eigenvalue weighted by Crippen LogP contribution is 2.21. The fraction of sp³-hybridized carbons (Fsp3) is 0.750. The van der Waals surface area contributed by atoms with E-state index in [0.717, 1.165) is 12.6 Å². The Bertz CT molecular complexity index is 378. The van der Waals surface area contributed by atoms with Crippen LogP contribution in [0.1, 0.15) is 47.9 Å². The molecule has 108 valence electrons. The number of piperidine rings is 1. The minimum Gasteiger partial charge on any atom is -0.310 e. The summed E-state index contributed by atoms with van der Waals surface area (Å²) in [5.41, 5.74) is 1.50. The van der Waals surface area contributed by atoms with Crippen molar-refractivity contribution >= 4 is 11.3 Å². The molecule has 2 rings (SSSR count). The van der Waals surface area contributed by atoms with Gasteiger partial charge in [-0.2, -0.15) is 0 Å². The highest BCUT2D eigenvalue weighted by atomic mass is 32.1. The molecule has 2 nitrogen and oxygen atoms in total. The molecular weight excluding hydrogens is 252 g/mol. The zero-order valence-corrected chi connectivity index (χ0v) is 13.5. The Morgan fingerprint density at radius 2 is 2.05 bits per heavy atom. The number of aryl methyl sites for hydroxylation is 2. The minimum atomic E-state index is 0.720. The number of likely N-dealkylation sites (tertiary alicyclic amines) is 1. The Kier molecular flexibility index (Phi) is 5.86. The Labute approximate surface area is 122 Å². The molecular formula is C16H28N2S. The molecule has 0 saturated carbocycles. The van der Waals surface area contributed by atoms with Crippen molar-refractivity contribution in [3.05, 3.63) is 21.4 Å². The SMILES string of the molecule is CCCCN1CCC(NCc2cc(C)sc2C)CC1. The van der Waals surface area contributed by atoms with Crippen LogP contribution in [-0.4, -0.2) is 30.6 Å². The van der Waals surface area contributed by atoms with Crippen molar-refractivity contribution in [1.82, 2.24) is 10.2 Å². The van der Waals surface area contributed by atoms with Crippen molar-refractivity contribution in [3.8, 4) is 0 Å². The molecule has 1 saturated heterocycles. The summed E-state index contributed by atoms with van der Waals surface area (Å²) in [6.45, 7) is 11.6. The van der Waals surface area contributed by atoms with Crippen molar-refractivity contribution in [3.63, 3.8) is 0 Å². The maximum absolute atomic E-state index is 3.75. The molecule has 1 N–H and O–H groups in total. The molecule has 0 spiro atoms. The Morgan fingerprint density at radius 3 is 2.63 bits per heavy atom. The maximum Gasteiger partial charge on any atom is 0.0219 e. The number of rotatable bonds is 6. The number of unbranched alkanes of at least 4 members (excludes halogenated alkanes) is 1. The topological polar surface area (TPSA) is 15.3 Å². The van der Waals surface area contributed by atoms with Crippen LogP contribution in [-0.2, 0) is 6.54 Å². The summed E-state index contributed by atoms with van der Waals surface area (Å²) in [4.78, 5) is 5.54. The van der Waals surface area contributed by atoms with Gasteiger partial charge in [0.15, 0.2) is 0 Å². The predicted octanol–water partition coefficient (Wildman–Crippen LogP) is 3.72. The van der Waals surface area contributed by atoms with Gasteiger partial charge in [0.2, 0.25) is 0 Å². The van der Waals surface area contributed by atoms with Gasteiger partial charge in [-0.3, -0.25) is 0 Å². The van der Waals surface area contributed by atoms with Crippen molar-refractivity contribution in [2.75, 3.05) is 19.6 Å². The second kappa shape index (κ2) is 7.41. The zero-order chi connectivity index (χ0) is 13.7. The van der Waals surface area contributed by atoms with E-state index in [0.29, 0.717) is 0 Å². The Morgan fingerprint density at radius 1 is 1.32 bits per heavy atom. The molecule has 0 aromatic carbocycles. The lowest BCUT2D eigenvalue weighted by atomic mass is 10.0. The predicted molar refractivity (Wildman–Crippen MR) is 85.0 cm³/mol. The molecule has 1 aliphatic rings. The van der Waals surface area contributed by atoms with Crippen LogP contribution in [0.3, 0.4) is 0 Å². The summed E-state index contributed by atoms with van der Waals surface area (Å²) in [6, 6.07) is 3.06. The van der Waals surface area contributed by atoms with Crippen LogP contribution in [0.5, 0.6) is 0 Å². The van der Waals surface area contributed by atoms with Gasteiger partial charge in [-0.25, -0.2) is 0 Å². The van der Waals surface area contributed by atoms with Crippen LogP contribution >= 0.6 is 11.3 Å². The third-order valence-electron chi connectivity index (χ3n) is 4.14. The van der Waals surface area contributed by atoms with Crippen molar-refractivity contribution < 1.29 is 0 Å². The van der Waals surface area contributed by atoms with Gasteiger partial charge in [0, 0.05) is 22.3 Å². The van der Waals surface area contributed by atoms with E-state index >= 15 is 0 Å². The van der Waals surface area contributed by atoms with E-state index in [2.05, 4.69) is 37.1 Å². The van der Waals surface area contributed by atoms with E-state index in [4.69, 9.17) is 0 Å². The van der Waals surface area contributed by atoms with E-state index in [-0.39, 0.29) is 0 Å². The van der Waals surface area contributed by atoms with Crippen LogP contribution in [0, 0.1) is 13.8 Å². The standard InChI is InChI=1S/C16H28N2S/c1-4-5-8-18-9-6-16(7-10-18)17-12-15-11-13(2)19-14(15)3/h11,16-17H,4-10,12H2,1-3H3. The number of hydrogen-bond donors (Lipinski definition) is 1. The minimum absolute atomic E-state index is 0.720. The van der Waals surface area contributed by atoms with Gasteiger partial charge in [0.1, 0.15) is 0 Å². The summed E-state index contributed by atoms with van der Waals surface area (Å²) >= 11 is 1.92.